The number of nitrogens with zero attached hydrogens (tertiary/aromatic N) is 2. The van der Waals surface area contributed by atoms with Crippen molar-refractivity contribution >= 4 is 34.8 Å². The highest BCUT2D eigenvalue weighted by atomic mass is 32.2. The number of aryl methyl sites for hydroxylation is 1. The first-order chi connectivity index (χ1) is 15.5. The second kappa shape index (κ2) is 9.61. The predicted octanol–water partition coefficient (Wildman–Crippen LogP) is 4.93. The summed E-state index contributed by atoms with van der Waals surface area (Å²) in [6, 6.07) is 17.5. The molecule has 0 unspecified atom stereocenters. The minimum Gasteiger partial charge on any atom is -0.494 e. The van der Waals surface area contributed by atoms with Gasteiger partial charge in [-0.2, -0.15) is 0 Å². The van der Waals surface area contributed by atoms with E-state index in [-0.39, 0.29) is 11.6 Å². The van der Waals surface area contributed by atoms with Crippen LogP contribution in [0, 0.1) is 6.92 Å². The summed E-state index contributed by atoms with van der Waals surface area (Å²) in [5, 5.41) is 5.59. The van der Waals surface area contributed by atoms with Gasteiger partial charge in [-0.1, -0.05) is 0 Å². The molecule has 0 saturated carbocycles. The third-order valence-corrected chi connectivity index (χ3v) is 5.49. The van der Waals surface area contributed by atoms with Gasteiger partial charge in [-0.25, -0.2) is 9.78 Å². The van der Waals surface area contributed by atoms with Gasteiger partial charge in [-0.15, -0.1) is 16.3 Å². The molecule has 0 radical (unpaired) electrons. The fraction of sp³-hybridized carbons (Fsp3) is 0.174. The van der Waals surface area contributed by atoms with Gasteiger partial charge < -0.3 is 19.9 Å². The Kier molecular flexibility index (Phi) is 6.46. The van der Waals surface area contributed by atoms with Crippen LogP contribution in [-0.4, -0.2) is 22.2 Å². The lowest BCUT2D eigenvalue weighted by atomic mass is 10.3. The number of carbonyl (C=O) groups is 1. The van der Waals surface area contributed by atoms with Crippen molar-refractivity contribution in [1.29, 1.82) is 0 Å². The Bertz CT molecular complexity index is 1280. The van der Waals surface area contributed by atoms with E-state index in [1.165, 1.54) is 10.6 Å². The number of thioether (sulfide) groups is 1. The number of ether oxygens (including phenoxy) is 1. The quantitative estimate of drug-likeness (QED) is 0.388. The molecule has 4 rings (SSSR count). The van der Waals surface area contributed by atoms with Gasteiger partial charge in [0.15, 0.2) is 5.65 Å². The van der Waals surface area contributed by atoms with Crippen LogP contribution in [0.2, 0.25) is 0 Å². The summed E-state index contributed by atoms with van der Waals surface area (Å²) in [4.78, 5) is 29.8. The number of amides is 2. The maximum absolute atomic E-state index is 12.2. The van der Waals surface area contributed by atoms with Gasteiger partial charge in [-0.05, 0) is 62.4 Å². The molecule has 2 aromatic carbocycles. The number of nitrogens with one attached hydrogen (secondary N) is 2. The van der Waals surface area contributed by atoms with Crippen LogP contribution in [0.5, 0.6) is 5.75 Å². The Morgan fingerprint density at radius 2 is 1.72 bits per heavy atom. The normalized spacial score (nSPS) is 10.8. The van der Waals surface area contributed by atoms with E-state index in [4.69, 9.17) is 9.26 Å². The number of hydrogen-bond acceptors (Lipinski definition) is 6. The molecule has 0 atom stereocenters. The largest absolute Gasteiger partial charge is 0.494 e. The Hall–Kier alpha value is -3.72. The first kappa shape index (κ1) is 21.5. The smallest absolute Gasteiger partial charge is 0.323 e. The molecule has 4 aromatic rings. The second-order valence-electron chi connectivity index (χ2n) is 6.93. The Morgan fingerprint density at radius 3 is 2.38 bits per heavy atom. The van der Waals surface area contributed by atoms with Crippen molar-refractivity contribution in [2.45, 2.75) is 24.5 Å². The monoisotopic (exact) mass is 450 g/mol. The van der Waals surface area contributed by atoms with Gasteiger partial charge in [-0.3, -0.25) is 4.79 Å². The summed E-state index contributed by atoms with van der Waals surface area (Å²) >= 11 is 1.55. The number of rotatable bonds is 7. The third kappa shape index (κ3) is 5.30. The number of hydrogen-bond donors (Lipinski definition) is 2. The van der Waals surface area contributed by atoms with Crippen LogP contribution in [-0.2, 0) is 5.75 Å². The van der Waals surface area contributed by atoms with E-state index in [2.05, 4.69) is 15.6 Å². The summed E-state index contributed by atoms with van der Waals surface area (Å²) in [6.07, 6.45) is 0. The molecule has 2 N–H and O–H groups in total. The number of benzene rings is 2. The average Bonchev–Trinajstić information content (AvgIpc) is 3.16. The number of carbonyl (C=O) groups excluding carboxylic acids is 1. The van der Waals surface area contributed by atoms with Crippen molar-refractivity contribution < 1.29 is 14.1 Å². The maximum atomic E-state index is 12.2. The first-order valence-electron chi connectivity index (χ1n) is 10.0. The van der Waals surface area contributed by atoms with Crippen molar-refractivity contribution in [1.82, 2.24) is 9.56 Å². The number of anilines is 2. The highest BCUT2D eigenvalue weighted by Crippen LogP contribution is 2.24. The van der Waals surface area contributed by atoms with Crippen LogP contribution in [0.4, 0.5) is 16.2 Å². The van der Waals surface area contributed by atoms with E-state index < -0.39 is 0 Å². The molecule has 0 aliphatic heterocycles. The van der Waals surface area contributed by atoms with Crippen molar-refractivity contribution in [2.75, 3.05) is 17.2 Å². The summed E-state index contributed by atoms with van der Waals surface area (Å²) in [6.45, 7) is 4.29. The van der Waals surface area contributed by atoms with Crippen molar-refractivity contribution in [2.24, 2.45) is 0 Å². The minimum atomic E-state index is -0.331. The first-order valence-corrected chi connectivity index (χ1v) is 11.0. The molecule has 0 bridgehead atoms. The predicted molar refractivity (Wildman–Crippen MR) is 125 cm³/mol. The van der Waals surface area contributed by atoms with Crippen LogP contribution in [0.1, 0.15) is 18.4 Å². The molecular formula is C23H22N4O4S. The maximum Gasteiger partial charge on any atom is 0.323 e. The lowest BCUT2D eigenvalue weighted by Gasteiger charge is -2.09. The van der Waals surface area contributed by atoms with Gasteiger partial charge >= 0.3 is 6.03 Å². The molecule has 32 heavy (non-hydrogen) atoms. The fourth-order valence-electron chi connectivity index (χ4n) is 3.03. The topological polar surface area (TPSA) is 97.9 Å². The lowest BCUT2D eigenvalue weighted by Crippen LogP contribution is -2.19. The fourth-order valence-corrected chi connectivity index (χ4v) is 3.82. The van der Waals surface area contributed by atoms with E-state index in [0.29, 0.717) is 40.8 Å². The summed E-state index contributed by atoms with van der Waals surface area (Å²) in [5.41, 5.74) is 2.29. The zero-order chi connectivity index (χ0) is 22.5. The molecule has 0 saturated heterocycles. The van der Waals surface area contributed by atoms with E-state index >= 15 is 0 Å². The van der Waals surface area contributed by atoms with Gasteiger partial charge in [0, 0.05) is 34.2 Å². The summed E-state index contributed by atoms with van der Waals surface area (Å²) in [5.74, 6) is 1.93. The molecule has 2 amide bonds. The number of fused-ring (bicyclic) bond motifs is 1. The van der Waals surface area contributed by atoms with Gasteiger partial charge in [0.2, 0.25) is 0 Å². The molecule has 2 heterocycles. The molecule has 0 aliphatic carbocycles. The Balaban J connectivity index is 1.32. The zero-order valence-electron chi connectivity index (χ0n) is 17.6. The Morgan fingerprint density at radius 1 is 1.06 bits per heavy atom. The number of urea groups is 1. The van der Waals surface area contributed by atoms with Crippen LogP contribution >= 0.6 is 11.8 Å². The second-order valence-corrected chi connectivity index (χ2v) is 7.98. The van der Waals surface area contributed by atoms with Crippen LogP contribution in [0.25, 0.3) is 5.65 Å². The van der Waals surface area contributed by atoms with Gasteiger partial charge in [0.1, 0.15) is 11.5 Å². The van der Waals surface area contributed by atoms with E-state index in [1.54, 1.807) is 49.0 Å². The van der Waals surface area contributed by atoms with Gasteiger partial charge in [0.05, 0.1) is 12.3 Å². The van der Waals surface area contributed by atoms with Crippen molar-refractivity contribution in [3.63, 3.8) is 0 Å². The molecule has 9 heteroatoms. The standard InChI is InChI=1S/C23H22N4O4S/c1-3-30-19-8-4-16(5-9-19)25-23(29)26-17-6-10-20(11-7-17)32-14-18-13-22(28)27-21(24-18)12-15(2)31-27/h4-13H,3,14H2,1-2H3,(H2,25,26,29). The van der Waals surface area contributed by atoms with Gasteiger partial charge in [0.25, 0.3) is 5.56 Å². The lowest BCUT2D eigenvalue weighted by molar-refractivity contribution is 0.262. The van der Waals surface area contributed by atoms with Crippen LogP contribution in [0.3, 0.4) is 0 Å². The van der Waals surface area contributed by atoms with Crippen LogP contribution in [0.15, 0.2) is 74.9 Å². The van der Waals surface area contributed by atoms with E-state index in [9.17, 15) is 9.59 Å². The molecule has 2 aromatic heterocycles. The molecular weight excluding hydrogens is 428 g/mol. The van der Waals surface area contributed by atoms with Crippen LogP contribution < -0.4 is 20.9 Å². The molecule has 0 fully saturated rings. The van der Waals surface area contributed by atoms with E-state index in [0.717, 1.165) is 10.6 Å². The van der Waals surface area contributed by atoms with Crippen molar-refractivity contribution in [3.8, 4) is 5.75 Å². The number of aromatic nitrogens is 2. The third-order valence-electron chi connectivity index (χ3n) is 4.45. The van der Waals surface area contributed by atoms with E-state index in [1.807, 2.05) is 31.2 Å². The molecule has 0 aliphatic rings. The molecule has 164 valence electrons. The zero-order valence-corrected chi connectivity index (χ0v) is 18.4. The van der Waals surface area contributed by atoms with Crippen molar-refractivity contribution in [3.05, 3.63) is 82.5 Å². The SMILES string of the molecule is CCOc1ccc(NC(=O)Nc2ccc(SCc3cc(=O)n4oc(C)cc4n3)cc2)cc1. The highest BCUT2D eigenvalue weighted by molar-refractivity contribution is 7.98. The Labute approximate surface area is 188 Å². The highest BCUT2D eigenvalue weighted by Gasteiger charge is 2.08. The average molecular weight is 451 g/mol. The minimum absolute atomic E-state index is 0.239. The summed E-state index contributed by atoms with van der Waals surface area (Å²) in [7, 11) is 0. The molecule has 0 spiro atoms. The molecule has 8 nitrogen and oxygen atoms in total. The summed E-state index contributed by atoms with van der Waals surface area (Å²) < 4.78 is 11.9.